The van der Waals surface area contributed by atoms with Gasteiger partial charge >= 0.3 is 0 Å². The van der Waals surface area contributed by atoms with Crippen LogP contribution in [0.5, 0.6) is 0 Å². The van der Waals surface area contributed by atoms with E-state index in [0.717, 1.165) is 28.5 Å². The standard InChI is InChI=1S/C13H22N4S/c1-14-13-16-15-12(18-13)9-17-7-6-10-4-2-3-5-11(10)8-17/h10-11H,2-9H2,1H3,(H,14,16). The summed E-state index contributed by atoms with van der Waals surface area (Å²) in [6.45, 7) is 3.51. The average Bonchev–Trinajstić information content (AvgIpc) is 2.86. The van der Waals surface area contributed by atoms with Gasteiger partial charge in [-0.15, -0.1) is 10.2 Å². The number of aromatic nitrogens is 2. The van der Waals surface area contributed by atoms with Gasteiger partial charge in [-0.3, -0.25) is 4.90 Å². The fourth-order valence-corrected chi connectivity index (χ4v) is 4.17. The molecule has 18 heavy (non-hydrogen) atoms. The molecule has 1 aliphatic heterocycles. The van der Waals surface area contributed by atoms with Crippen LogP contribution >= 0.6 is 11.3 Å². The van der Waals surface area contributed by atoms with Gasteiger partial charge < -0.3 is 5.32 Å². The third kappa shape index (κ3) is 2.67. The Morgan fingerprint density at radius 1 is 1.22 bits per heavy atom. The molecule has 1 aliphatic carbocycles. The van der Waals surface area contributed by atoms with E-state index < -0.39 is 0 Å². The highest BCUT2D eigenvalue weighted by molar-refractivity contribution is 7.15. The molecule has 1 N–H and O–H groups in total. The molecule has 2 heterocycles. The first kappa shape index (κ1) is 12.4. The number of hydrogen-bond donors (Lipinski definition) is 1. The van der Waals surface area contributed by atoms with Crippen LogP contribution in [-0.2, 0) is 6.54 Å². The van der Waals surface area contributed by atoms with Crippen LogP contribution in [0.4, 0.5) is 5.13 Å². The smallest absolute Gasteiger partial charge is 0.205 e. The zero-order valence-electron chi connectivity index (χ0n) is 11.1. The Labute approximate surface area is 113 Å². The molecule has 0 aromatic carbocycles. The van der Waals surface area contributed by atoms with Crippen molar-refractivity contribution in [3.05, 3.63) is 5.01 Å². The third-order valence-corrected chi connectivity index (χ3v) is 5.34. The third-order valence-electron chi connectivity index (χ3n) is 4.41. The maximum absolute atomic E-state index is 4.25. The highest BCUT2D eigenvalue weighted by Gasteiger charge is 2.31. The van der Waals surface area contributed by atoms with Crippen molar-refractivity contribution in [2.75, 3.05) is 25.5 Å². The van der Waals surface area contributed by atoms with Crippen LogP contribution in [0.3, 0.4) is 0 Å². The average molecular weight is 266 g/mol. The summed E-state index contributed by atoms with van der Waals surface area (Å²) >= 11 is 1.68. The van der Waals surface area contributed by atoms with Gasteiger partial charge in [0.15, 0.2) is 0 Å². The first-order valence-electron chi connectivity index (χ1n) is 7.07. The summed E-state index contributed by atoms with van der Waals surface area (Å²) in [6, 6.07) is 0. The first-order valence-corrected chi connectivity index (χ1v) is 7.89. The van der Waals surface area contributed by atoms with E-state index >= 15 is 0 Å². The van der Waals surface area contributed by atoms with Gasteiger partial charge in [-0.1, -0.05) is 30.6 Å². The van der Waals surface area contributed by atoms with Crippen LogP contribution in [0.2, 0.25) is 0 Å². The highest BCUT2D eigenvalue weighted by Crippen LogP contribution is 2.36. The van der Waals surface area contributed by atoms with E-state index in [9.17, 15) is 0 Å². The number of hydrogen-bond acceptors (Lipinski definition) is 5. The van der Waals surface area contributed by atoms with Gasteiger partial charge in [-0.25, -0.2) is 0 Å². The van der Waals surface area contributed by atoms with Gasteiger partial charge in [0, 0.05) is 13.6 Å². The minimum atomic E-state index is 0.928. The molecular weight excluding hydrogens is 244 g/mol. The minimum Gasteiger partial charge on any atom is -0.363 e. The Morgan fingerprint density at radius 2 is 2.06 bits per heavy atom. The molecule has 0 amide bonds. The topological polar surface area (TPSA) is 41.1 Å². The van der Waals surface area contributed by atoms with Crippen LogP contribution in [-0.4, -0.2) is 35.2 Å². The Kier molecular flexibility index (Phi) is 3.80. The maximum atomic E-state index is 4.25. The molecule has 1 aromatic heterocycles. The second-order valence-corrected chi connectivity index (χ2v) is 6.64. The molecule has 3 rings (SSSR count). The van der Waals surface area contributed by atoms with Gasteiger partial charge in [0.05, 0.1) is 6.54 Å². The van der Waals surface area contributed by atoms with Crippen molar-refractivity contribution < 1.29 is 0 Å². The highest BCUT2D eigenvalue weighted by atomic mass is 32.1. The number of anilines is 1. The van der Waals surface area contributed by atoms with Gasteiger partial charge in [-0.2, -0.15) is 0 Å². The molecule has 0 spiro atoms. The molecule has 5 heteroatoms. The van der Waals surface area contributed by atoms with Crippen molar-refractivity contribution in [2.24, 2.45) is 11.8 Å². The minimum absolute atomic E-state index is 0.928. The quantitative estimate of drug-likeness (QED) is 0.913. The number of fused-ring (bicyclic) bond motifs is 1. The fourth-order valence-electron chi connectivity index (χ4n) is 3.43. The second kappa shape index (κ2) is 5.53. The molecule has 2 atom stereocenters. The summed E-state index contributed by atoms with van der Waals surface area (Å²) in [5, 5.41) is 13.5. The van der Waals surface area contributed by atoms with E-state index in [1.807, 2.05) is 7.05 Å². The van der Waals surface area contributed by atoms with E-state index in [0.29, 0.717) is 0 Å². The lowest BCUT2D eigenvalue weighted by Crippen LogP contribution is -2.41. The molecule has 2 fully saturated rings. The number of piperidine rings is 1. The molecule has 0 bridgehead atoms. The van der Waals surface area contributed by atoms with Crippen LogP contribution in [0.1, 0.15) is 37.1 Å². The molecule has 2 unspecified atom stereocenters. The molecule has 2 aliphatic rings. The maximum Gasteiger partial charge on any atom is 0.205 e. The van der Waals surface area contributed by atoms with Crippen LogP contribution in [0, 0.1) is 11.8 Å². The predicted octanol–water partition coefficient (Wildman–Crippen LogP) is 2.59. The van der Waals surface area contributed by atoms with Crippen molar-refractivity contribution in [1.29, 1.82) is 0 Å². The van der Waals surface area contributed by atoms with Crippen molar-refractivity contribution in [2.45, 2.75) is 38.6 Å². The summed E-state index contributed by atoms with van der Waals surface area (Å²) in [5.74, 6) is 1.96. The molecular formula is C13H22N4S. The van der Waals surface area contributed by atoms with Crippen molar-refractivity contribution in [1.82, 2.24) is 15.1 Å². The number of nitrogens with zero attached hydrogens (tertiary/aromatic N) is 3. The van der Waals surface area contributed by atoms with Crippen LogP contribution in [0.25, 0.3) is 0 Å². The van der Waals surface area contributed by atoms with E-state index in [-0.39, 0.29) is 0 Å². The van der Waals surface area contributed by atoms with Gasteiger partial charge in [-0.05, 0) is 31.2 Å². The zero-order chi connectivity index (χ0) is 12.4. The molecule has 4 nitrogen and oxygen atoms in total. The van der Waals surface area contributed by atoms with E-state index in [1.165, 1.54) is 45.2 Å². The monoisotopic (exact) mass is 266 g/mol. The molecule has 1 saturated carbocycles. The Balaban J connectivity index is 1.57. The van der Waals surface area contributed by atoms with Gasteiger partial charge in [0.1, 0.15) is 5.01 Å². The van der Waals surface area contributed by atoms with Gasteiger partial charge in [0.25, 0.3) is 0 Å². The molecule has 1 aromatic rings. The largest absolute Gasteiger partial charge is 0.363 e. The molecule has 100 valence electrons. The van der Waals surface area contributed by atoms with E-state index in [2.05, 4.69) is 20.4 Å². The summed E-state index contributed by atoms with van der Waals surface area (Å²) in [7, 11) is 1.90. The van der Waals surface area contributed by atoms with Crippen molar-refractivity contribution in [3.8, 4) is 0 Å². The van der Waals surface area contributed by atoms with Crippen LogP contribution in [0.15, 0.2) is 0 Å². The van der Waals surface area contributed by atoms with E-state index in [4.69, 9.17) is 0 Å². The Bertz CT molecular complexity index is 392. The summed E-state index contributed by atoms with van der Waals surface area (Å²) < 4.78 is 0. The van der Waals surface area contributed by atoms with E-state index in [1.54, 1.807) is 11.3 Å². The lowest BCUT2D eigenvalue weighted by atomic mass is 9.75. The molecule has 0 radical (unpaired) electrons. The van der Waals surface area contributed by atoms with Crippen LogP contribution < -0.4 is 5.32 Å². The lowest BCUT2D eigenvalue weighted by Gasteiger charge is -2.41. The predicted molar refractivity (Wildman–Crippen MR) is 74.8 cm³/mol. The summed E-state index contributed by atoms with van der Waals surface area (Å²) in [5.41, 5.74) is 0. The van der Waals surface area contributed by atoms with Crippen molar-refractivity contribution >= 4 is 16.5 Å². The summed E-state index contributed by atoms with van der Waals surface area (Å²) in [6.07, 6.45) is 7.21. The Morgan fingerprint density at radius 3 is 2.83 bits per heavy atom. The first-order chi connectivity index (χ1) is 8.85. The fraction of sp³-hybridized carbons (Fsp3) is 0.846. The Hall–Kier alpha value is -0.680. The molecule has 1 saturated heterocycles. The normalized spacial score (nSPS) is 28.9. The van der Waals surface area contributed by atoms with Crippen molar-refractivity contribution in [3.63, 3.8) is 0 Å². The number of nitrogens with one attached hydrogen (secondary N) is 1. The lowest BCUT2D eigenvalue weighted by molar-refractivity contribution is 0.0819. The zero-order valence-corrected chi connectivity index (χ0v) is 11.9. The number of rotatable bonds is 3. The second-order valence-electron chi connectivity index (χ2n) is 5.58. The SMILES string of the molecule is CNc1nnc(CN2CCC3CCCCC3C2)s1. The van der Waals surface area contributed by atoms with Gasteiger partial charge in [0.2, 0.25) is 5.13 Å². The number of likely N-dealkylation sites (tertiary alicyclic amines) is 1. The summed E-state index contributed by atoms with van der Waals surface area (Å²) in [4.78, 5) is 2.58.